The van der Waals surface area contributed by atoms with Crippen LogP contribution in [0.3, 0.4) is 0 Å². The largest absolute Gasteiger partial charge is 0.433 e. The van der Waals surface area contributed by atoms with Gasteiger partial charge >= 0.3 is 6.18 Å². The maximum absolute atomic E-state index is 12.9. The Balaban J connectivity index is 1.82. The van der Waals surface area contributed by atoms with Crippen molar-refractivity contribution in [1.82, 2.24) is 9.88 Å². The number of alkyl halides is 3. The van der Waals surface area contributed by atoms with E-state index < -0.39 is 11.9 Å². The van der Waals surface area contributed by atoms with Crippen molar-refractivity contribution in [3.8, 4) is 0 Å². The summed E-state index contributed by atoms with van der Waals surface area (Å²) >= 11 is 3.56. The van der Waals surface area contributed by atoms with E-state index in [4.69, 9.17) is 0 Å². The Bertz CT molecular complexity index is 761. The summed E-state index contributed by atoms with van der Waals surface area (Å²) < 4.78 is 39.8. The molecule has 0 bridgehead atoms. The first-order valence-corrected chi connectivity index (χ1v) is 8.73. The number of anilines is 1. The number of pyridine rings is 1. The molecule has 1 aromatic carbocycles. The van der Waals surface area contributed by atoms with Crippen LogP contribution in [0.25, 0.3) is 0 Å². The van der Waals surface area contributed by atoms with Gasteiger partial charge in [0.1, 0.15) is 5.69 Å². The molecule has 1 fully saturated rings. The lowest BCUT2D eigenvalue weighted by molar-refractivity contribution is -0.141. The van der Waals surface area contributed by atoms with E-state index in [1.165, 1.54) is 6.20 Å². The molecule has 0 unspecified atom stereocenters. The molecule has 0 saturated carbocycles. The second kappa shape index (κ2) is 6.61. The van der Waals surface area contributed by atoms with Gasteiger partial charge in [0.15, 0.2) is 0 Å². The molecule has 2 aromatic rings. The van der Waals surface area contributed by atoms with Crippen molar-refractivity contribution in [1.29, 1.82) is 0 Å². The average Bonchev–Trinajstić information content (AvgIpc) is 2.84. The minimum Gasteiger partial charge on any atom is -0.357 e. The summed E-state index contributed by atoms with van der Waals surface area (Å²) in [5.41, 5.74) is 0.692. The fraction of sp³-hybridized carbons (Fsp3) is 0.389. The highest BCUT2D eigenvalue weighted by Crippen LogP contribution is 2.34. The molecular weight excluding hydrogens is 395 g/mol. The predicted octanol–water partition coefficient (Wildman–Crippen LogP) is 4.92. The first-order chi connectivity index (χ1) is 11.7. The zero-order valence-electron chi connectivity index (χ0n) is 14.0. The smallest absolute Gasteiger partial charge is 0.357 e. The molecular formula is C18H19BrF3N3. The van der Waals surface area contributed by atoms with Gasteiger partial charge in [-0.15, -0.1) is 0 Å². The average molecular weight is 414 g/mol. The van der Waals surface area contributed by atoms with E-state index in [-0.39, 0.29) is 5.54 Å². The molecule has 0 aliphatic carbocycles. The zero-order valence-corrected chi connectivity index (χ0v) is 15.6. The van der Waals surface area contributed by atoms with E-state index in [0.29, 0.717) is 18.9 Å². The van der Waals surface area contributed by atoms with Gasteiger partial charge in [0, 0.05) is 35.0 Å². The Morgan fingerprint density at radius 1 is 1.20 bits per heavy atom. The van der Waals surface area contributed by atoms with Gasteiger partial charge in [-0.25, -0.2) is 0 Å². The quantitative estimate of drug-likeness (QED) is 0.711. The van der Waals surface area contributed by atoms with Gasteiger partial charge in [-0.2, -0.15) is 13.2 Å². The number of benzene rings is 1. The lowest BCUT2D eigenvalue weighted by Gasteiger charge is -2.29. The topological polar surface area (TPSA) is 19.4 Å². The summed E-state index contributed by atoms with van der Waals surface area (Å²) in [5, 5.41) is 0. The third kappa shape index (κ3) is 3.98. The van der Waals surface area contributed by atoms with Gasteiger partial charge in [0.05, 0.1) is 6.67 Å². The molecule has 1 aliphatic rings. The van der Waals surface area contributed by atoms with Crippen LogP contribution in [0.4, 0.5) is 18.9 Å². The van der Waals surface area contributed by atoms with Crippen LogP contribution >= 0.6 is 15.9 Å². The van der Waals surface area contributed by atoms with E-state index in [0.717, 1.165) is 22.6 Å². The highest BCUT2D eigenvalue weighted by Gasteiger charge is 2.38. The third-order valence-electron chi connectivity index (χ3n) is 4.49. The summed E-state index contributed by atoms with van der Waals surface area (Å²) in [7, 11) is 0. The van der Waals surface area contributed by atoms with Gasteiger partial charge < -0.3 is 4.90 Å². The number of hydrogen-bond acceptors (Lipinski definition) is 3. The number of rotatable bonds is 3. The van der Waals surface area contributed by atoms with Crippen LogP contribution in [0.1, 0.15) is 25.1 Å². The normalized spacial score (nSPS) is 17.9. The Labute approximate surface area is 153 Å². The molecule has 1 saturated heterocycles. The minimum atomic E-state index is -4.43. The second-order valence-electron chi connectivity index (χ2n) is 6.84. The van der Waals surface area contributed by atoms with Crippen molar-refractivity contribution in [2.75, 3.05) is 18.1 Å². The van der Waals surface area contributed by atoms with Crippen molar-refractivity contribution in [3.05, 3.63) is 58.3 Å². The molecule has 0 spiro atoms. The lowest BCUT2D eigenvalue weighted by atomic mass is 10.0. The zero-order chi connectivity index (χ0) is 18.2. The molecule has 7 heteroatoms. The van der Waals surface area contributed by atoms with Crippen molar-refractivity contribution >= 4 is 21.6 Å². The van der Waals surface area contributed by atoms with E-state index in [9.17, 15) is 13.2 Å². The van der Waals surface area contributed by atoms with Crippen LogP contribution in [-0.2, 0) is 12.7 Å². The van der Waals surface area contributed by atoms with Crippen molar-refractivity contribution in [2.24, 2.45) is 0 Å². The molecule has 25 heavy (non-hydrogen) atoms. The van der Waals surface area contributed by atoms with Gasteiger partial charge in [0.25, 0.3) is 0 Å². The summed E-state index contributed by atoms with van der Waals surface area (Å²) in [6.45, 7) is 6.15. The van der Waals surface area contributed by atoms with Crippen LogP contribution in [0.5, 0.6) is 0 Å². The Morgan fingerprint density at radius 2 is 1.92 bits per heavy atom. The van der Waals surface area contributed by atoms with Gasteiger partial charge in [0.2, 0.25) is 0 Å². The van der Waals surface area contributed by atoms with Crippen LogP contribution in [0.15, 0.2) is 47.1 Å². The molecule has 0 amide bonds. The Kier molecular flexibility index (Phi) is 4.81. The standard InChI is InChI=1S/C18H19BrF3N3/c1-17(2)11-24(14-7-8-23-16(9-14)18(20,21)22)12-25(17)10-13-5-3-4-6-15(13)19/h3-9H,10-12H2,1-2H3. The van der Waals surface area contributed by atoms with Gasteiger partial charge in [-0.05, 0) is 37.6 Å². The maximum atomic E-state index is 12.9. The summed E-state index contributed by atoms with van der Waals surface area (Å²) in [6.07, 6.45) is -3.21. The first kappa shape index (κ1) is 18.2. The summed E-state index contributed by atoms with van der Waals surface area (Å²) in [4.78, 5) is 7.68. The fourth-order valence-corrected chi connectivity index (χ4v) is 3.47. The molecule has 1 aromatic heterocycles. The number of halogens is 4. The van der Waals surface area contributed by atoms with Crippen LogP contribution in [0, 0.1) is 0 Å². The molecule has 134 valence electrons. The summed E-state index contributed by atoms with van der Waals surface area (Å²) in [6, 6.07) is 10.8. The molecule has 3 rings (SSSR count). The molecule has 1 aliphatic heterocycles. The monoisotopic (exact) mass is 413 g/mol. The van der Waals surface area contributed by atoms with Crippen molar-refractivity contribution < 1.29 is 13.2 Å². The van der Waals surface area contributed by atoms with Crippen LogP contribution in [0.2, 0.25) is 0 Å². The number of aromatic nitrogens is 1. The van der Waals surface area contributed by atoms with E-state index in [1.807, 2.05) is 23.1 Å². The fourth-order valence-electron chi connectivity index (χ4n) is 3.05. The second-order valence-corrected chi connectivity index (χ2v) is 7.69. The molecule has 0 atom stereocenters. The molecule has 2 heterocycles. The molecule has 0 radical (unpaired) electrons. The van der Waals surface area contributed by atoms with Gasteiger partial charge in [-0.3, -0.25) is 9.88 Å². The van der Waals surface area contributed by atoms with Crippen LogP contribution < -0.4 is 4.90 Å². The lowest BCUT2D eigenvalue weighted by Crippen LogP contribution is -2.39. The highest BCUT2D eigenvalue weighted by atomic mass is 79.9. The Morgan fingerprint density at radius 3 is 2.60 bits per heavy atom. The van der Waals surface area contributed by atoms with E-state index in [1.54, 1.807) is 6.07 Å². The number of nitrogens with zero attached hydrogens (tertiary/aromatic N) is 3. The minimum absolute atomic E-state index is 0.156. The highest BCUT2D eigenvalue weighted by molar-refractivity contribution is 9.10. The first-order valence-electron chi connectivity index (χ1n) is 7.93. The predicted molar refractivity (Wildman–Crippen MR) is 95.2 cm³/mol. The maximum Gasteiger partial charge on any atom is 0.433 e. The summed E-state index contributed by atoms with van der Waals surface area (Å²) in [5.74, 6) is 0. The third-order valence-corrected chi connectivity index (χ3v) is 5.27. The van der Waals surface area contributed by atoms with Crippen molar-refractivity contribution in [2.45, 2.75) is 32.1 Å². The van der Waals surface area contributed by atoms with E-state index in [2.05, 4.69) is 45.7 Å². The SMILES string of the molecule is CC1(C)CN(c2ccnc(C(F)(F)F)c2)CN1Cc1ccccc1Br. The Hall–Kier alpha value is -1.60. The van der Waals surface area contributed by atoms with Crippen molar-refractivity contribution in [3.63, 3.8) is 0 Å². The molecule has 0 N–H and O–H groups in total. The molecule has 3 nitrogen and oxygen atoms in total. The van der Waals surface area contributed by atoms with Crippen LogP contribution in [-0.4, -0.2) is 28.6 Å². The number of hydrogen-bond donors (Lipinski definition) is 0. The van der Waals surface area contributed by atoms with E-state index >= 15 is 0 Å². The van der Waals surface area contributed by atoms with Gasteiger partial charge in [-0.1, -0.05) is 34.1 Å².